The maximum atomic E-state index is 10.4. The maximum Gasteiger partial charge on any atom is 0.218 e. The zero-order valence-corrected chi connectivity index (χ0v) is 8.29. The lowest BCUT2D eigenvalue weighted by atomic mass is 10.2. The fourth-order valence-electron chi connectivity index (χ4n) is 1.12. The van der Waals surface area contributed by atoms with Gasteiger partial charge < -0.3 is 11.1 Å². The average Bonchev–Trinajstić information content (AvgIpc) is 2.15. The van der Waals surface area contributed by atoms with E-state index in [1.54, 1.807) is 6.20 Å². The van der Waals surface area contributed by atoms with E-state index in [0.29, 0.717) is 19.5 Å². The summed E-state index contributed by atoms with van der Waals surface area (Å²) in [7, 11) is 0. The molecule has 0 saturated carbocycles. The minimum atomic E-state index is -0.282. The van der Waals surface area contributed by atoms with Crippen LogP contribution in [0.4, 0.5) is 0 Å². The quantitative estimate of drug-likeness (QED) is 0.663. The number of hydrogen-bond acceptors (Lipinski definition) is 3. The molecule has 0 aliphatic carbocycles. The van der Waals surface area contributed by atoms with Crippen LogP contribution >= 0.6 is 0 Å². The molecular formula is C10H15N3O. The number of rotatable bonds is 5. The lowest BCUT2D eigenvalue weighted by Crippen LogP contribution is -2.22. The van der Waals surface area contributed by atoms with Crippen molar-refractivity contribution in [2.45, 2.75) is 19.9 Å². The smallest absolute Gasteiger partial charge is 0.218 e. The molecule has 0 unspecified atom stereocenters. The Morgan fingerprint density at radius 3 is 3.07 bits per heavy atom. The molecule has 1 aromatic rings. The molecule has 0 bridgehead atoms. The van der Waals surface area contributed by atoms with E-state index in [-0.39, 0.29) is 5.91 Å². The zero-order chi connectivity index (χ0) is 10.4. The first kappa shape index (κ1) is 10.7. The number of aryl methyl sites for hydroxylation is 1. The Bertz CT molecular complexity index is 312. The van der Waals surface area contributed by atoms with E-state index < -0.39 is 0 Å². The van der Waals surface area contributed by atoms with Gasteiger partial charge in [0.25, 0.3) is 0 Å². The summed E-state index contributed by atoms with van der Waals surface area (Å²) in [5.41, 5.74) is 7.17. The lowest BCUT2D eigenvalue weighted by Gasteiger charge is -2.05. The van der Waals surface area contributed by atoms with Gasteiger partial charge in [-0.15, -0.1) is 0 Å². The maximum absolute atomic E-state index is 10.4. The molecule has 4 heteroatoms. The second kappa shape index (κ2) is 5.34. The van der Waals surface area contributed by atoms with Crippen LogP contribution in [0.15, 0.2) is 18.3 Å². The van der Waals surface area contributed by atoms with Crippen LogP contribution in [0.5, 0.6) is 0 Å². The molecule has 3 N–H and O–H groups in total. The molecule has 14 heavy (non-hydrogen) atoms. The topological polar surface area (TPSA) is 68.0 Å². The second-order valence-corrected chi connectivity index (χ2v) is 3.16. The average molecular weight is 193 g/mol. The van der Waals surface area contributed by atoms with Crippen molar-refractivity contribution >= 4 is 5.91 Å². The number of nitrogens with zero attached hydrogens (tertiary/aromatic N) is 1. The van der Waals surface area contributed by atoms with Gasteiger partial charge in [-0.25, -0.2) is 0 Å². The molecule has 0 saturated heterocycles. The molecule has 0 atom stereocenters. The van der Waals surface area contributed by atoms with Crippen molar-refractivity contribution < 1.29 is 4.79 Å². The molecule has 1 aromatic heterocycles. The van der Waals surface area contributed by atoms with Crippen molar-refractivity contribution in [3.8, 4) is 0 Å². The number of primary amides is 1. The van der Waals surface area contributed by atoms with Gasteiger partial charge >= 0.3 is 0 Å². The Hall–Kier alpha value is -1.42. The van der Waals surface area contributed by atoms with Gasteiger partial charge in [-0.3, -0.25) is 9.78 Å². The van der Waals surface area contributed by atoms with Gasteiger partial charge in [0.1, 0.15) is 0 Å². The van der Waals surface area contributed by atoms with Crippen LogP contribution in [0.2, 0.25) is 0 Å². The molecule has 0 spiro atoms. The van der Waals surface area contributed by atoms with Crippen LogP contribution in [0, 0.1) is 6.92 Å². The molecular weight excluding hydrogens is 178 g/mol. The molecule has 0 fully saturated rings. The van der Waals surface area contributed by atoms with Crippen LogP contribution in [-0.4, -0.2) is 17.4 Å². The number of pyridine rings is 1. The van der Waals surface area contributed by atoms with Gasteiger partial charge in [0, 0.05) is 25.7 Å². The van der Waals surface area contributed by atoms with Crippen molar-refractivity contribution in [2.24, 2.45) is 5.73 Å². The summed E-state index contributed by atoms with van der Waals surface area (Å²) < 4.78 is 0. The third-order valence-electron chi connectivity index (χ3n) is 1.96. The molecule has 1 heterocycles. The van der Waals surface area contributed by atoms with Gasteiger partial charge in [0.2, 0.25) is 5.91 Å². The van der Waals surface area contributed by atoms with Crippen LogP contribution in [0.3, 0.4) is 0 Å². The standard InChI is InChI=1S/C10H15N3O/c1-8-3-2-5-13-9(8)7-12-6-4-10(11)14/h2-3,5,12H,4,6-7H2,1H3,(H2,11,14). The summed E-state index contributed by atoms with van der Waals surface area (Å²) in [4.78, 5) is 14.7. The van der Waals surface area contributed by atoms with Crippen molar-refractivity contribution in [1.82, 2.24) is 10.3 Å². The minimum absolute atomic E-state index is 0.282. The number of carbonyl (C=O) groups excluding carboxylic acids is 1. The zero-order valence-electron chi connectivity index (χ0n) is 8.29. The Morgan fingerprint density at radius 2 is 2.43 bits per heavy atom. The van der Waals surface area contributed by atoms with Crippen LogP contribution in [0.1, 0.15) is 17.7 Å². The Labute approximate surface area is 83.5 Å². The van der Waals surface area contributed by atoms with E-state index in [0.717, 1.165) is 11.3 Å². The predicted octanol–water partition coefficient (Wildman–Crippen LogP) is 0.355. The highest BCUT2D eigenvalue weighted by molar-refractivity contribution is 5.73. The van der Waals surface area contributed by atoms with Crippen LogP contribution in [-0.2, 0) is 11.3 Å². The molecule has 0 aliphatic rings. The third-order valence-corrected chi connectivity index (χ3v) is 1.96. The summed E-state index contributed by atoms with van der Waals surface area (Å²) in [6.07, 6.45) is 2.13. The largest absolute Gasteiger partial charge is 0.370 e. The summed E-state index contributed by atoms with van der Waals surface area (Å²) in [6, 6.07) is 3.92. The molecule has 0 radical (unpaired) electrons. The fraction of sp³-hybridized carbons (Fsp3) is 0.400. The minimum Gasteiger partial charge on any atom is -0.370 e. The lowest BCUT2D eigenvalue weighted by molar-refractivity contribution is -0.117. The highest BCUT2D eigenvalue weighted by atomic mass is 16.1. The van der Waals surface area contributed by atoms with E-state index in [1.807, 2.05) is 19.1 Å². The van der Waals surface area contributed by atoms with Crippen LogP contribution in [0.25, 0.3) is 0 Å². The van der Waals surface area contributed by atoms with Gasteiger partial charge in [-0.1, -0.05) is 6.07 Å². The number of hydrogen-bond donors (Lipinski definition) is 2. The second-order valence-electron chi connectivity index (χ2n) is 3.16. The predicted molar refractivity (Wildman–Crippen MR) is 54.5 cm³/mol. The Morgan fingerprint density at radius 1 is 1.64 bits per heavy atom. The number of nitrogens with two attached hydrogens (primary N) is 1. The van der Waals surface area contributed by atoms with E-state index in [2.05, 4.69) is 10.3 Å². The van der Waals surface area contributed by atoms with Crippen molar-refractivity contribution in [3.05, 3.63) is 29.6 Å². The van der Waals surface area contributed by atoms with Gasteiger partial charge in [0.15, 0.2) is 0 Å². The summed E-state index contributed by atoms with van der Waals surface area (Å²) in [5.74, 6) is -0.282. The molecule has 76 valence electrons. The first-order chi connectivity index (χ1) is 6.70. The third kappa shape index (κ3) is 3.53. The number of amides is 1. The van der Waals surface area contributed by atoms with E-state index >= 15 is 0 Å². The molecule has 1 amide bonds. The van der Waals surface area contributed by atoms with Crippen molar-refractivity contribution in [3.63, 3.8) is 0 Å². The number of aromatic nitrogens is 1. The summed E-state index contributed by atoms with van der Waals surface area (Å²) in [5, 5.41) is 3.11. The number of carbonyl (C=O) groups is 1. The highest BCUT2D eigenvalue weighted by Gasteiger charge is 1.98. The SMILES string of the molecule is Cc1cccnc1CNCCC(N)=O. The fourth-order valence-corrected chi connectivity index (χ4v) is 1.12. The normalized spacial score (nSPS) is 10.1. The van der Waals surface area contributed by atoms with Gasteiger partial charge in [0.05, 0.1) is 5.69 Å². The monoisotopic (exact) mass is 193 g/mol. The first-order valence-corrected chi connectivity index (χ1v) is 4.59. The van der Waals surface area contributed by atoms with Gasteiger partial charge in [-0.05, 0) is 18.6 Å². The van der Waals surface area contributed by atoms with Crippen molar-refractivity contribution in [1.29, 1.82) is 0 Å². The van der Waals surface area contributed by atoms with Crippen molar-refractivity contribution in [2.75, 3.05) is 6.54 Å². The van der Waals surface area contributed by atoms with Gasteiger partial charge in [-0.2, -0.15) is 0 Å². The van der Waals surface area contributed by atoms with E-state index in [4.69, 9.17) is 5.73 Å². The number of nitrogens with one attached hydrogen (secondary N) is 1. The highest BCUT2D eigenvalue weighted by Crippen LogP contribution is 2.01. The molecule has 1 rings (SSSR count). The molecule has 0 aliphatic heterocycles. The van der Waals surface area contributed by atoms with E-state index in [9.17, 15) is 4.79 Å². The van der Waals surface area contributed by atoms with E-state index in [1.165, 1.54) is 0 Å². The molecule has 0 aromatic carbocycles. The Kier molecular flexibility index (Phi) is 4.07. The Balaban J connectivity index is 2.31. The first-order valence-electron chi connectivity index (χ1n) is 4.59. The summed E-state index contributed by atoms with van der Waals surface area (Å²) >= 11 is 0. The van der Waals surface area contributed by atoms with Crippen LogP contribution < -0.4 is 11.1 Å². The molecule has 4 nitrogen and oxygen atoms in total. The summed E-state index contributed by atoms with van der Waals surface area (Å²) in [6.45, 7) is 3.30.